The van der Waals surface area contributed by atoms with Crippen molar-refractivity contribution in [2.45, 2.75) is 24.8 Å². The molecule has 0 aliphatic carbocycles. The van der Waals surface area contributed by atoms with E-state index in [0.29, 0.717) is 12.2 Å². The lowest BCUT2D eigenvalue weighted by Crippen LogP contribution is -2.13. The highest BCUT2D eigenvalue weighted by Crippen LogP contribution is 2.36. The molecule has 0 unspecified atom stereocenters. The molecule has 2 rings (SSSR count). The van der Waals surface area contributed by atoms with E-state index < -0.39 is 10.0 Å². The molecule has 0 radical (unpaired) electrons. The number of hydrogen-bond acceptors (Lipinski definition) is 6. The Labute approximate surface area is 131 Å². The van der Waals surface area contributed by atoms with Crippen LogP contribution in [0.4, 0.5) is 0 Å². The van der Waals surface area contributed by atoms with Gasteiger partial charge in [-0.25, -0.2) is 13.6 Å². The van der Waals surface area contributed by atoms with Gasteiger partial charge < -0.3 is 9.26 Å². The van der Waals surface area contributed by atoms with Crippen molar-refractivity contribution in [1.29, 1.82) is 0 Å². The zero-order valence-electron chi connectivity index (χ0n) is 10.8. The minimum Gasteiger partial charge on any atom is -0.482 e. The van der Waals surface area contributed by atoms with E-state index in [4.69, 9.17) is 37.6 Å². The van der Waals surface area contributed by atoms with Crippen LogP contribution in [0.2, 0.25) is 10.0 Å². The molecule has 0 aliphatic rings. The summed E-state index contributed by atoms with van der Waals surface area (Å²) in [5, 5.41) is 8.47. The van der Waals surface area contributed by atoms with Crippen molar-refractivity contribution in [2.24, 2.45) is 5.14 Å². The summed E-state index contributed by atoms with van der Waals surface area (Å²) in [5.74, 6) is 1.02. The maximum absolute atomic E-state index is 11.3. The SMILES string of the molecule is CCc1noc(COc2ccc(S(N)(=O)=O)c(Cl)c2Cl)n1. The largest absolute Gasteiger partial charge is 0.482 e. The van der Waals surface area contributed by atoms with Gasteiger partial charge in [-0.1, -0.05) is 35.3 Å². The first-order chi connectivity index (χ1) is 9.82. The van der Waals surface area contributed by atoms with E-state index in [1.54, 1.807) is 0 Å². The van der Waals surface area contributed by atoms with Crippen LogP contribution in [0.5, 0.6) is 5.75 Å². The van der Waals surface area contributed by atoms with Crippen LogP contribution in [0.15, 0.2) is 21.6 Å². The van der Waals surface area contributed by atoms with Gasteiger partial charge in [0.15, 0.2) is 12.4 Å². The van der Waals surface area contributed by atoms with Crippen molar-refractivity contribution in [3.63, 3.8) is 0 Å². The first kappa shape index (κ1) is 16.0. The number of primary sulfonamides is 1. The van der Waals surface area contributed by atoms with E-state index in [1.165, 1.54) is 12.1 Å². The molecule has 1 heterocycles. The Hall–Kier alpha value is -1.35. The predicted octanol–water partition coefficient (Wildman–Crippen LogP) is 2.17. The van der Waals surface area contributed by atoms with E-state index in [2.05, 4.69) is 10.1 Å². The van der Waals surface area contributed by atoms with E-state index in [0.717, 1.165) is 0 Å². The zero-order chi connectivity index (χ0) is 15.6. The molecular formula is C11H11Cl2N3O4S. The lowest BCUT2D eigenvalue weighted by molar-refractivity contribution is 0.242. The number of sulfonamides is 1. The van der Waals surface area contributed by atoms with Crippen LogP contribution < -0.4 is 9.88 Å². The summed E-state index contributed by atoms with van der Waals surface area (Å²) in [6.07, 6.45) is 0.638. The summed E-state index contributed by atoms with van der Waals surface area (Å²) in [7, 11) is -3.95. The zero-order valence-corrected chi connectivity index (χ0v) is 13.2. The fourth-order valence-electron chi connectivity index (χ4n) is 1.48. The quantitative estimate of drug-likeness (QED) is 0.883. The molecule has 0 fully saturated rings. The monoisotopic (exact) mass is 351 g/mol. The number of hydrogen-bond donors (Lipinski definition) is 1. The molecule has 0 saturated carbocycles. The van der Waals surface area contributed by atoms with E-state index in [9.17, 15) is 8.42 Å². The molecule has 0 amide bonds. The average molecular weight is 352 g/mol. The third-order valence-electron chi connectivity index (χ3n) is 2.50. The Morgan fingerprint density at radius 1 is 1.33 bits per heavy atom. The van der Waals surface area contributed by atoms with Gasteiger partial charge in [-0.3, -0.25) is 0 Å². The molecule has 7 nitrogen and oxygen atoms in total. The van der Waals surface area contributed by atoms with Gasteiger partial charge in [-0.15, -0.1) is 0 Å². The van der Waals surface area contributed by atoms with Crippen LogP contribution in [0, 0.1) is 0 Å². The molecular weight excluding hydrogens is 341 g/mol. The van der Waals surface area contributed by atoms with Crippen molar-refractivity contribution < 1.29 is 17.7 Å². The Bertz CT molecular complexity index is 761. The van der Waals surface area contributed by atoms with Gasteiger partial charge in [-0.05, 0) is 12.1 Å². The number of nitrogens with zero attached hydrogens (tertiary/aromatic N) is 2. The summed E-state index contributed by atoms with van der Waals surface area (Å²) in [4.78, 5) is 3.79. The third kappa shape index (κ3) is 3.65. The smallest absolute Gasteiger partial charge is 0.264 e. The van der Waals surface area contributed by atoms with Gasteiger partial charge in [0.2, 0.25) is 10.0 Å². The van der Waals surface area contributed by atoms with Crippen LogP contribution in [0.25, 0.3) is 0 Å². The minimum absolute atomic E-state index is 0.0161. The van der Waals surface area contributed by atoms with Gasteiger partial charge in [0.25, 0.3) is 5.89 Å². The number of halogens is 2. The number of benzene rings is 1. The molecule has 1 aromatic carbocycles. The number of rotatable bonds is 5. The molecule has 0 bridgehead atoms. The Morgan fingerprint density at radius 2 is 2.05 bits per heavy atom. The Balaban J connectivity index is 2.20. The molecule has 1 aromatic heterocycles. The number of aromatic nitrogens is 2. The number of nitrogens with two attached hydrogens (primary N) is 1. The van der Waals surface area contributed by atoms with Gasteiger partial charge >= 0.3 is 0 Å². The van der Waals surface area contributed by atoms with Crippen LogP contribution in [0.3, 0.4) is 0 Å². The number of aryl methyl sites for hydroxylation is 1. The van der Waals surface area contributed by atoms with Crippen molar-refractivity contribution >= 4 is 33.2 Å². The highest BCUT2D eigenvalue weighted by Gasteiger charge is 2.19. The second kappa shape index (κ2) is 6.18. The van der Waals surface area contributed by atoms with Crippen LogP contribution in [-0.2, 0) is 23.1 Å². The minimum atomic E-state index is -3.95. The summed E-state index contributed by atoms with van der Waals surface area (Å²) in [6, 6.07) is 2.56. The molecule has 114 valence electrons. The van der Waals surface area contributed by atoms with Crippen molar-refractivity contribution in [2.75, 3.05) is 0 Å². The van der Waals surface area contributed by atoms with Gasteiger partial charge in [0.05, 0.1) is 5.02 Å². The van der Waals surface area contributed by atoms with Gasteiger partial charge in [-0.2, -0.15) is 4.98 Å². The third-order valence-corrected chi connectivity index (χ3v) is 4.43. The fourth-order valence-corrected chi connectivity index (χ4v) is 2.84. The standard InChI is InChI=1S/C11H11Cl2N3O4S/c1-2-8-15-9(20-16-8)5-19-6-3-4-7(21(14,17)18)11(13)10(6)12/h3-4H,2,5H2,1H3,(H2,14,17,18). The summed E-state index contributed by atoms with van der Waals surface area (Å²) < 4.78 is 32.9. The van der Waals surface area contributed by atoms with Crippen LogP contribution in [-0.4, -0.2) is 18.6 Å². The number of ether oxygens (including phenoxy) is 1. The second-order valence-electron chi connectivity index (χ2n) is 3.98. The molecule has 0 atom stereocenters. The van der Waals surface area contributed by atoms with Crippen LogP contribution >= 0.6 is 23.2 Å². The maximum Gasteiger partial charge on any atom is 0.264 e. The highest BCUT2D eigenvalue weighted by molar-refractivity contribution is 7.89. The average Bonchev–Trinajstić information content (AvgIpc) is 2.87. The molecule has 0 saturated heterocycles. The van der Waals surface area contributed by atoms with E-state index >= 15 is 0 Å². The predicted molar refractivity (Wildman–Crippen MR) is 75.8 cm³/mol. The van der Waals surface area contributed by atoms with Crippen molar-refractivity contribution in [3.05, 3.63) is 33.9 Å². The molecule has 0 spiro atoms. The van der Waals surface area contributed by atoms with Crippen molar-refractivity contribution in [1.82, 2.24) is 10.1 Å². The van der Waals surface area contributed by atoms with Gasteiger partial charge in [0.1, 0.15) is 15.7 Å². The topological polar surface area (TPSA) is 108 Å². The van der Waals surface area contributed by atoms with Crippen LogP contribution in [0.1, 0.15) is 18.6 Å². The Morgan fingerprint density at radius 3 is 2.62 bits per heavy atom. The fraction of sp³-hybridized carbons (Fsp3) is 0.273. The molecule has 2 aromatic rings. The molecule has 2 N–H and O–H groups in total. The summed E-state index contributed by atoms with van der Waals surface area (Å²) in [5.41, 5.74) is 0. The summed E-state index contributed by atoms with van der Waals surface area (Å²) in [6.45, 7) is 1.87. The molecule has 10 heteroatoms. The second-order valence-corrected chi connectivity index (χ2v) is 6.27. The van der Waals surface area contributed by atoms with E-state index in [1.807, 2.05) is 6.92 Å². The Kier molecular flexibility index (Phi) is 4.72. The van der Waals surface area contributed by atoms with E-state index in [-0.39, 0.29) is 33.2 Å². The molecule has 21 heavy (non-hydrogen) atoms. The first-order valence-electron chi connectivity index (χ1n) is 5.78. The normalized spacial score (nSPS) is 11.6. The van der Waals surface area contributed by atoms with Gasteiger partial charge in [0, 0.05) is 6.42 Å². The lowest BCUT2D eigenvalue weighted by atomic mass is 10.3. The highest BCUT2D eigenvalue weighted by atomic mass is 35.5. The summed E-state index contributed by atoms with van der Waals surface area (Å²) >= 11 is 11.8. The maximum atomic E-state index is 11.3. The van der Waals surface area contributed by atoms with Crippen molar-refractivity contribution in [3.8, 4) is 5.75 Å². The molecule has 0 aliphatic heterocycles. The lowest BCUT2D eigenvalue weighted by Gasteiger charge is -2.09. The first-order valence-corrected chi connectivity index (χ1v) is 8.08.